The van der Waals surface area contributed by atoms with Crippen molar-refractivity contribution in [1.82, 2.24) is 0 Å². The van der Waals surface area contributed by atoms with Gasteiger partial charge < -0.3 is 9.47 Å². The molecule has 0 bridgehead atoms. The van der Waals surface area contributed by atoms with Gasteiger partial charge in [-0.2, -0.15) is 5.26 Å². The molecular weight excluding hydrogens is 218 g/mol. The molecule has 0 fully saturated rings. The lowest BCUT2D eigenvalue weighted by Crippen LogP contribution is -2.12. The normalized spacial score (nSPS) is 11.4. The Bertz CT molecular complexity index is 448. The van der Waals surface area contributed by atoms with Crippen molar-refractivity contribution in [3.8, 4) is 6.07 Å². The Labute approximate surface area is 101 Å². The van der Waals surface area contributed by atoms with Gasteiger partial charge in [-0.05, 0) is 31.9 Å². The predicted octanol–water partition coefficient (Wildman–Crippen LogP) is 3.04. The molecule has 1 aromatic carbocycles. The number of benzene rings is 1. The summed E-state index contributed by atoms with van der Waals surface area (Å²) in [5.41, 5.74) is 2.69. The standard InChI is InChI=1S/C13H15NO3/c1-4-16-13(15)17-12(8-14)11-7-5-6-9(2)10(11)3/h5-7,12H,4H2,1-3H3. The van der Waals surface area contributed by atoms with E-state index in [1.165, 1.54) is 0 Å². The van der Waals surface area contributed by atoms with Crippen LogP contribution in [0.2, 0.25) is 0 Å². The fraction of sp³-hybridized carbons (Fsp3) is 0.385. The van der Waals surface area contributed by atoms with Crippen molar-refractivity contribution >= 4 is 6.16 Å². The molecule has 0 aliphatic rings. The van der Waals surface area contributed by atoms with Crippen LogP contribution in [-0.2, 0) is 9.47 Å². The Morgan fingerprint density at radius 1 is 1.47 bits per heavy atom. The van der Waals surface area contributed by atoms with Gasteiger partial charge in [-0.15, -0.1) is 0 Å². The smallest absolute Gasteiger partial charge is 0.435 e. The maximum atomic E-state index is 11.2. The molecule has 90 valence electrons. The molecule has 0 aliphatic heterocycles. The molecule has 17 heavy (non-hydrogen) atoms. The molecule has 0 aromatic heterocycles. The van der Waals surface area contributed by atoms with Crippen molar-refractivity contribution in [1.29, 1.82) is 5.26 Å². The molecule has 4 nitrogen and oxygen atoms in total. The van der Waals surface area contributed by atoms with Gasteiger partial charge in [0, 0.05) is 5.56 Å². The fourth-order valence-electron chi connectivity index (χ4n) is 1.47. The number of nitriles is 1. The summed E-state index contributed by atoms with van der Waals surface area (Å²) in [4.78, 5) is 11.2. The Balaban J connectivity index is 2.91. The molecule has 0 saturated heterocycles. The summed E-state index contributed by atoms with van der Waals surface area (Å²) in [6, 6.07) is 7.50. The summed E-state index contributed by atoms with van der Waals surface area (Å²) in [6.07, 6.45) is -1.74. The van der Waals surface area contributed by atoms with Crippen LogP contribution in [0.25, 0.3) is 0 Å². The fourth-order valence-corrected chi connectivity index (χ4v) is 1.47. The first-order valence-electron chi connectivity index (χ1n) is 5.39. The van der Waals surface area contributed by atoms with E-state index >= 15 is 0 Å². The molecule has 0 aliphatic carbocycles. The van der Waals surface area contributed by atoms with Crippen molar-refractivity contribution < 1.29 is 14.3 Å². The Morgan fingerprint density at radius 3 is 2.76 bits per heavy atom. The number of ether oxygens (including phenoxy) is 2. The van der Waals surface area contributed by atoms with Gasteiger partial charge in [0.25, 0.3) is 0 Å². The van der Waals surface area contributed by atoms with Gasteiger partial charge in [0.05, 0.1) is 6.61 Å². The first kappa shape index (κ1) is 13.0. The lowest BCUT2D eigenvalue weighted by atomic mass is 10.00. The lowest BCUT2D eigenvalue weighted by Gasteiger charge is -2.14. The molecule has 4 heteroatoms. The minimum atomic E-state index is -0.922. The zero-order valence-electron chi connectivity index (χ0n) is 10.2. The van der Waals surface area contributed by atoms with E-state index in [9.17, 15) is 4.79 Å². The number of nitrogens with zero attached hydrogens (tertiary/aromatic N) is 1. The quantitative estimate of drug-likeness (QED) is 0.753. The molecule has 0 heterocycles. The number of hydrogen-bond donors (Lipinski definition) is 0. The third kappa shape index (κ3) is 3.22. The first-order valence-corrected chi connectivity index (χ1v) is 5.39. The van der Waals surface area contributed by atoms with Crippen LogP contribution in [0.3, 0.4) is 0 Å². The molecule has 1 aromatic rings. The summed E-state index contributed by atoms with van der Waals surface area (Å²) in [5.74, 6) is 0. The van der Waals surface area contributed by atoms with Crippen LogP contribution < -0.4 is 0 Å². The molecule has 0 N–H and O–H groups in total. The maximum Gasteiger partial charge on any atom is 0.509 e. The first-order chi connectivity index (χ1) is 8.10. The van der Waals surface area contributed by atoms with Crippen LogP contribution in [0.15, 0.2) is 18.2 Å². The van der Waals surface area contributed by atoms with Crippen LogP contribution in [0.1, 0.15) is 29.7 Å². The SMILES string of the molecule is CCOC(=O)OC(C#N)c1cccc(C)c1C. The second kappa shape index (κ2) is 5.90. The molecule has 1 unspecified atom stereocenters. The number of rotatable bonds is 3. The summed E-state index contributed by atoms with van der Waals surface area (Å²) in [5, 5.41) is 9.03. The topological polar surface area (TPSA) is 59.3 Å². The second-order valence-electron chi connectivity index (χ2n) is 3.60. The predicted molar refractivity (Wildman–Crippen MR) is 62.4 cm³/mol. The van der Waals surface area contributed by atoms with Crippen molar-refractivity contribution in [2.45, 2.75) is 26.9 Å². The van der Waals surface area contributed by atoms with Gasteiger partial charge in [0.2, 0.25) is 6.10 Å². The average molecular weight is 233 g/mol. The van der Waals surface area contributed by atoms with Crippen molar-refractivity contribution in [3.63, 3.8) is 0 Å². The molecule has 1 atom stereocenters. The molecule has 1 rings (SSSR count). The van der Waals surface area contributed by atoms with Gasteiger partial charge in [-0.25, -0.2) is 4.79 Å². The van der Waals surface area contributed by atoms with Crippen molar-refractivity contribution in [2.24, 2.45) is 0 Å². The van der Waals surface area contributed by atoms with Gasteiger partial charge in [0.1, 0.15) is 6.07 Å². The van der Waals surface area contributed by atoms with Crippen molar-refractivity contribution in [3.05, 3.63) is 34.9 Å². The lowest BCUT2D eigenvalue weighted by molar-refractivity contribution is 0.0419. The number of aryl methyl sites for hydroxylation is 1. The minimum Gasteiger partial charge on any atom is -0.435 e. The summed E-state index contributed by atoms with van der Waals surface area (Å²) in [7, 11) is 0. The zero-order chi connectivity index (χ0) is 12.8. The van der Waals surface area contributed by atoms with E-state index in [2.05, 4.69) is 4.74 Å². The van der Waals surface area contributed by atoms with E-state index in [0.717, 1.165) is 11.1 Å². The Morgan fingerprint density at radius 2 is 2.18 bits per heavy atom. The van der Waals surface area contributed by atoms with Crippen LogP contribution in [0.5, 0.6) is 0 Å². The van der Waals surface area contributed by atoms with E-state index in [1.807, 2.05) is 32.0 Å². The highest BCUT2D eigenvalue weighted by Gasteiger charge is 2.19. The highest BCUT2D eigenvalue weighted by molar-refractivity contribution is 5.61. The maximum absolute atomic E-state index is 11.2. The van der Waals surface area contributed by atoms with Crippen LogP contribution in [-0.4, -0.2) is 12.8 Å². The Hall–Kier alpha value is -2.02. The number of carbonyl (C=O) groups excluding carboxylic acids is 1. The van der Waals surface area contributed by atoms with E-state index in [4.69, 9.17) is 10.00 Å². The molecule has 0 saturated carbocycles. The van der Waals surface area contributed by atoms with Gasteiger partial charge in [-0.1, -0.05) is 18.2 Å². The van der Waals surface area contributed by atoms with E-state index in [0.29, 0.717) is 5.56 Å². The summed E-state index contributed by atoms with van der Waals surface area (Å²) in [6.45, 7) is 5.74. The van der Waals surface area contributed by atoms with Crippen LogP contribution >= 0.6 is 0 Å². The van der Waals surface area contributed by atoms with E-state index < -0.39 is 12.3 Å². The number of hydrogen-bond acceptors (Lipinski definition) is 4. The highest BCUT2D eigenvalue weighted by Crippen LogP contribution is 2.23. The number of carbonyl (C=O) groups is 1. The second-order valence-corrected chi connectivity index (χ2v) is 3.60. The van der Waals surface area contributed by atoms with E-state index in [-0.39, 0.29) is 6.61 Å². The van der Waals surface area contributed by atoms with Gasteiger partial charge in [-0.3, -0.25) is 0 Å². The van der Waals surface area contributed by atoms with Crippen LogP contribution in [0.4, 0.5) is 4.79 Å². The largest absolute Gasteiger partial charge is 0.509 e. The molecule has 0 spiro atoms. The molecule has 0 amide bonds. The molecule has 0 radical (unpaired) electrons. The monoisotopic (exact) mass is 233 g/mol. The minimum absolute atomic E-state index is 0.226. The third-order valence-electron chi connectivity index (χ3n) is 2.52. The summed E-state index contributed by atoms with van der Waals surface area (Å²) >= 11 is 0. The Kier molecular flexibility index (Phi) is 4.53. The zero-order valence-corrected chi connectivity index (χ0v) is 10.2. The average Bonchev–Trinajstić information content (AvgIpc) is 2.30. The van der Waals surface area contributed by atoms with Crippen LogP contribution in [0, 0.1) is 25.2 Å². The van der Waals surface area contributed by atoms with Gasteiger partial charge in [0.15, 0.2) is 0 Å². The van der Waals surface area contributed by atoms with Crippen molar-refractivity contribution in [2.75, 3.05) is 6.61 Å². The highest BCUT2D eigenvalue weighted by atomic mass is 16.7. The summed E-state index contributed by atoms with van der Waals surface area (Å²) < 4.78 is 9.59. The molecular formula is C13H15NO3. The van der Waals surface area contributed by atoms with Gasteiger partial charge >= 0.3 is 6.16 Å². The third-order valence-corrected chi connectivity index (χ3v) is 2.52. The van der Waals surface area contributed by atoms with E-state index in [1.54, 1.807) is 13.0 Å².